The first-order chi connectivity index (χ1) is 6.18. The van der Waals surface area contributed by atoms with Crippen LogP contribution in [0.2, 0.25) is 0 Å². The van der Waals surface area contributed by atoms with Crippen molar-refractivity contribution in [1.29, 1.82) is 0 Å². The lowest BCUT2D eigenvalue weighted by Crippen LogP contribution is -1.97. The van der Waals surface area contributed by atoms with Crippen molar-refractivity contribution in [3.05, 3.63) is 0 Å². The zero-order valence-electron chi connectivity index (χ0n) is 6.53. The van der Waals surface area contributed by atoms with Gasteiger partial charge in [-0.3, -0.25) is 0 Å². The Morgan fingerprint density at radius 1 is 1.08 bits per heavy atom. The first-order valence-electron chi connectivity index (χ1n) is 3.45. The normalized spacial score (nSPS) is 24.8. The molecule has 6 nitrogen and oxygen atoms in total. The lowest BCUT2D eigenvalue weighted by Gasteiger charge is -1.87. The molecule has 0 aliphatic carbocycles. The summed E-state index contributed by atoms with van der Waals surface area (Å²) < 4.78 is 17.1. The summed E-state index contributed by atoms with van der Waals surface area (Å²) >= 11 is 5.24. The average Bonchev–Trinajstić information content (AvgIpc) is 2.64. The van der Waals surface area contributed by atoms with E-state index < -0.39 is 17.9 Å². The van der Waals surface area contributed by atoms with E-state index in [9.17, 15) is 9.59 Å². The summed E-state index contributed by atoms with van der Waals surface area (Å²) in [5.41, 5.74) is -0.576. The number of carbonyl (C=O) groups is 2. The SMILES string of the molecule is O=C1OCC(Cl)O1.O=C1OCCO1. The van der Waals surface area contributed by atoms with Gasteiger partial charge >= 0.3 is 12.3 Å². The van der Waals surface area contributed by atoms with E-state index in [0.29, 0.717) is 13.2 Å². The monoisotopic (exact) mass is 210 g/mol. The molecule has 2 aliphatic rings. The summed E-state index contributed by atoms with van der Waals surface area (Å²) in [7, 11) is 0. The number of ether oxygens (including phenoxy) is 4. The maximum atomic E-state index is 9.92. The summed E-state index contributed by atoms with van der Waals surface area (Å²) in [5.74, 6) is 0. The Bertz CT molecular complexity index is 197. The summed E-state index contributed by atoms with van der Waals surface area (Å²) in [6.45, 7) is 0.998. The third kappa shape index (κ3) is 3.84. The number of carbonyl (C=O) groups excluding carboxylic acids is 2. The smallest absolute Gasteiger partial charge is 0.431 e. The Kier molecular flexibility index (Phi) is 3.63. The molecule has 0 N–H and O–H groups in total. The van der Waals surface area contributed by atoms with Crippen molar-refractivity contribution in [2.75, 3.05) is 19.8 Å². The van der Waals surface area contributed by atoms with Crippen LogP contribution in [0.1, 0.15) is 0 Å². The van der Waals surface area contributed by atoms with Gasteiger partial charge in [-0.1, -0.05) is 11.6 Å². The Morgan fingerprint density at radius 3 is 1.85 bits per heavy atom. The molecule has 0 saturated carbocycles. The lowest BCUT2D eigenvalue weighted by molar-refractivity contribution is 0.128. The van der Waals surface area contributed by atoms with Gasteiger partial charge < -0.3 is 18.9 Å². The highest BCUT2D eigenvalue weighted by molar-refractivity contribution is 6.20. The molecular formula is C6H7ClO6. The molecule has 0 aromatic rings. The fraction of sp³-hybridized carbons (Fsp3) is 0.667. The minimum absolute atomic E-state index is 0.167. The molecule has 0 aromatic heterocycles. The van der Waals surface area contributed by atoms with E-state index in [4.69, 9.17) is 11.6 Å². The molecule has 0 spiro atoms. The van der Waals surface area contributed by atoms with Gasteiger partial charge in [0.2, 0.25) is 5.56 Å². The summed E-state index contributed by atoms with van der Waals surface area (Å²) in [6.07, 6.45) is -1.23. The van der Waals surface area contributed by atoms with Gasteiger partial charge in [0.05, 0.1) is 0 Å². The van der Waals surface area contributed by atoms with Crippen molar-refractivity contribution in [3.63, 3.8) is 0 Å². The van der Waals surface area contributed by atoms with Crippen LogP contribution in [0.4, 0.5) is 9.59 Å². The van der Waals surface area contributed by atoms with Crippen molar-refractivity contribution in [3.8, 4) is 0 Å². The second kappa shape index (κ2) is 4.76. The van der Waals surface area contributed by atoms with Crippen molar-refractivity contribution >= 4 is 23.9 Å². The van der Waals surface area contributed by atoms with Crippen LogP contribution in [-0.2, 0) is 18.9 Å². The zero-order valence-corrected chi connectivity index (χ0v) is 7.28. The van der Waals surface area contributed by atoms with Crippen molar-refractivity contribution < 1.29 is 28.5 Å². The summed E-state index contributed by atoms with van der Waals surface area (Å²) in [6, 6.07) is 0. The lowest BCUT2D eigenvalue weighted by atomic mass is 10.8. The number of alkyl halides is 1. The molecule has 1 atom stereocenters. The molecular weight excluding hydrogens is 204 g/mol. The van der Waals surface area contributed by atoms with E-state index >= 15 is 0 Å². The Labute approximate surface area is 78.6 Å². The summed E-state index contributed by atoms with van der Waals surface area (Å²) in [5, 5.41) is 0. The molecule has 2 heterocycles. The van der Waals surface area contributed by atoms with Gasteiger partial charge in [-0.25, -0.2) is 9.59 Å². The fourth-order valence-electron chi connectivity index (χ4n) is 0.598. The number of hydrogen-bond donors (Lipinski definition) is 0. The van der Waals surface area contributed by atoms with Crippen molar-refractivity contribution in [1.82, 2.24) is 0 Å². The maximum Gasteiger partial charge on any atom is 0.510 e. The highest BCUT2D eigenvalue weighted by Gasteiger charge is 2.21. The second-order valence-corrected chi connectivity index (χ2v) is 2.52. The van der Waals surface area contributed by atoms with Gasteiger partial charge in [0, 0.05) is 0 Å². The van der Waals surface area contributed by atoms with E-state index in [0.717, 1.165) is 0 Å². The van der Waals surface area contributed by atoms with Crippen LogP contribution in [-0.4, -0.2) is 37.7 Å². The molecule has 74 valence electrons. The van der Waals surface area contributed by atoms with Gasteiger partial charge in [-0.05, 0) is 0 Å². The van der Waals surface area contributed by atoms with Crippen LogP contribution in [0, 0.1) is 0 Å². The molecule has 7 heteroatoms. The number of hydrogen-bond acceptors (Lipinski definition) is 6. The minimum Gasteiger partial charge on any atom is -0.431 e. The van der Waals surface area contributed by atoms with Gasteiger partial charge in [0.25, 0.3) is 0 Å². The van der Waals surface area contributed by atoms with E-state index in [1.165, 1.54) is 0 Å². The van der Waals surface area contributed by atoms with Crippen molar-refractivity contribution in [2.45, 2.75) is 5.56 Å². The van der Waals surface area contributed by atoms with Gasteiger partial charge in [0.1, 0.15) is 19.8 Å². The molecule has 0 amide bonds. The highest BCUT2D eigenvalue weighted by atomic mass is 35.5. The maximum absolute atomic E-state index is 9.92. The Morgan fingerprint density at radius 2 is 1.69 bits per heavy atom. The topological polar surface area (TPSA) is 71.1 Å². The van der Waals surface area contributed by atoms with Crippen LogP contribution >= 0.6 is 11.6 Å². The fourth-order valence-corrected chi connectivity index (χ4v) is 0.733. The van der Waals surface area contributed by atoms with Crippen LogP contribution in [0.15, 0.2) is 0 Å². The molecule has 2 aliphatic heterocycles. The van der Waals surface area contributed by atoms with Gasteiger partial charge in [-0.15, -0.1) is 0 Å². The second-order valence-electron chi connectivity index (χ2n) is 2.04. The van der Waals surface area contributed by atoms with Crippen molar-refractivity contribution in [2.24, 2.45) is 0 Å². The van der Waals surface area contributed by atoms with E-state index in [-0.39, 0.29) is 6.61 Å². The van der Waals surface area contributed by atoms with E-state index in [1.54, 1.807) is 0 Å². The number of cyclic esters (lactones) is 4. The van der Waals surface area contributed by atoms with Crippen LogP contribution in [0.25, 0.3) is 0 Å². The largest absolute Gasteiger partial charge is 0.510 e. The average molecular weight is 211 g/mol. The molecule has 13 heavy (non-hydrogen) atoms. The highest BCUT2D eigenvalue weighted by Crippen LogP contribution is 2.08. The predicted octanol–water partition coefficient (Wildman–Crippen LogP) is 0.871. The number of rotatable bonds is 0. The summed E-state index contributed by atoms with van der Waals surface area (Å²) in [4.78, 5) is 19.7. The molecule has 1 unspecified atom stereocenters. The third-order valence-electron chi connectivity index (χ3n) is 1.08. The first kappa shape index (κ1) is 9.91. The minimum atomic E-state index is -0.681. The third-order valence-corrected chi connectivity index (χ3v) is 1.29. The van der Waals surface area contributed by atoms with Crippen LogP contribution < -0.4 is 0 Å². The number of halogens is 1. The van der Waals surface area contributed by atoms with E-state index in [2.05, 4.69) is 18.9 Å². The molecule has 2 rings (SSSR count). The van der Waals surface area contributed by atoms with Crippen LogP contribution in [0.3, 0.4) is 0 Å². The van der Waals surface area contributed by atoms with Gasteiger partial charge in [0.15, 0.2) is 0 Å². The predicted molar refractivity (Wildman–Crippen MR) is 39.4 cm³/mol. The van der Waals surface area contributed by atoms with E-state index in [1.807, 2.05) is 0 Å². The molecule has 2 fully saturated rings. The standard InChI is InChI=1S/C3H3ClO3.C3H4O3/c4-2-1-6-3(5)7-2;4-3-5-1-2-6-3/h2H,1H2;1-2H2. The molecule has 0 aromatic carbocycles. The van der Waals surface area contributed by atoms with Gasteiger partial charge in [-0.2, -0.15) is 0 Å². The molecule has 2 saturated heterocycles. The Hall–Kier alpha value is -1.17. The van der Waals surface area contributed by atoms with Crippen LogP contribution in [0.5, 0.6) is 0 Å². The molecule has 0 bridgehead atoms. The Balaban J connectivity index is 0.000000132. The molecule has 0 radical (unpaired) electrons. The quantitative estimate of drug-likeness (QED) is 0.436. The first-order valence-corrected chi connectivity index (χ1v) is 3.89. The zero-order chi connectivity index (χ0) is 9.68.